The maximum atomic E-state index is 14.6. The number of carbonyl (C=O) groups excluding carboxylic acids is 1. The van der Waals surface area contributed by atoms with Gasteiger partial charge in [-0.15, -0.1) is 0 Å². The number of rotatable bonds is 3. The number of hydrogen-bond acceptors (Lipinski definition) is 3. The summed E-state index contributed by atoms with van der Waals surface area (Å²) < 4.78 is 21.2. The van der Waals surface area contributed by atoms with E-state index >= 15 is 0 Å². The van der Waals surface area contributed by atoms with E-state index in [2.05, 4.69) is 26.2 Å². The Hall–Kier alpha value is -2.25. The molecule has 0 bridgehead atoms. The van der Waals surface area contributed by atoms with Gasteiger partial charge in [-0.25, -0.2) is 4.39 Å². The first kappa shape index (κ1) is 17.6. The van der Waals surface area contributed by atoms with Crippen molar-refractivity contribution in [2.24, 2.45) is 4.99 Å². The lowest BCUT2D eigenvalue weighted by Crippen LogP contribution is -2.35. The lowest BCUT2D eigenvalue weighted by Gasteiger charge is -2.27. The summed E-state index contributed by atoms with van der Waals surface area (Å²) in [6.45, 7) is 1.31. The van der Waals surface area contributed by atoms with Crippen molar-refractivity contribution in [1.82, 2.24) is 0 Å². The third kappa shape index (κ3) is 3.43. The topological polar surface area (TPSA) is 53.9 Å². The molecule has 5 nitrogen and oxygen atoms in total. The minimum absolute atomic E-state index is 0.252. The second-order valence-corrected chi connectivity index (χ2v) is 6.27. The van der Waals surface area contributed by atoms with Crippen LogP contribution in [0.2, 0.25) is 0 Å². The van der Waals surface area contributed by atoms with Crippen molar-refractivity contribution in [3.63, 3.8) is 0 Å². The first-order valence-electron chi connectivity index (χ1n) is 7.78. The average Bonchev–Trinajstić information content (AvgIpc) is 2.83. The van der Waals surface area contributed by atoms with Gasteiger partial charge in [0.2, 0.25) is 6.41 Å². The van der Waals surface area contributed by atoms with Crippen molar-refractivity contribution in [1.29, 1.82) is 0 Å². The van der Waals surface area contributed by atoms with E-state index < -0.39 is 5.82 Å². The summed E-state index contributed by atoms with van der Waals surface area (Å²) in [5, 5.41) is 2.96. The highest BCUT2D eigenvalue weighted by molar-refractivity contribution is 9.10. The number of hydrogen-bond donors (Lipinski definition) is 1. The SMILES string of the molecule is CNc1cccc(F)c1/C(=N\C=O)N1CCOCc2c(Br)cccc21. The van der Waals surface area contributed by atoms with Gasteiger partial charge in [-0.3, -0.25) is 4.79 Å². The molecular weight excluding hydrogens is 389 g/mol. The van der Waals surface area contributed by atoms with E-state index in [0.717, 1.165) is 15.7 Å². The molecule has 0 spiro atoms. The number of carbonyl (C=O) groups is 1. The van der Waals surface area contributed by atoms with E-state index in [1.54, 1.807) is 19.2 Å². The van der Waals surface area contributed by atoms with Crippen molar-refractivity contribution in [2.75, 3.05) is 30.4 Å². The van der Waals surface area contributed by atoms with Gasteiger partial charge in [0.1, 0.15) is 11.7 Å². The third-order valence-corrected chi connectivity index (χ3v) is 4.77. The lowest BCUT2D eigenvalue weighted by atomic mass is 10.1. The molecule has 0 atom stereocenters. The van der Waals surface area contributed by atoms with Crippen LogP contribution in [0.25, 0.3) is 0 Å². The van der Waals surface area contributed by atoms with Crippen LogP contribution < -0.4 is 10.2 Å². The molecule has 3 rings (SSSR count). The summed E-state index contributed by atoms with van der Waals surface area (Å²) in [5.41, 5.74) is 2.57. The number of benzene rings is 2. The zero-order chi connectivity index (χ0) is 17.8. The molecular formula is C18H17BrFN3O2. The Morgan fingerprint density at radius 3 is 2.92 bits per heavy atom. The molecule has 0 saturated heterocycles. The van der Waals surface area contributed by atoms with Gasteiger partial charge >= 0.3 is 0 Å². The number of nitrogens with one attached hydrogen (secondary N) is 1. The van der Waals surface area contributed by atoms with Crippen LogP contribution in [0.15, 0.2) is 45.9 Å². The van der Waals surface area contributed by atoms with E-state index in [-0.39, 0.29) is 11.4 Å². The second-order valence-electron chi connectivity index (χ2n) is 5.41. The molecule has 1 heterocycles. The van der Waals surface area contributed by atoms with Gasteiger partial charge in [0.05, 0.1) is 18.8 Å². The fraction of sp³-hybridized carbons (Fsp3) is 0.222. The van der Waals surface area contributed by atoms with Crippen LogP contribution in [-0.4, -0.2) is 32.4 Å². The lowest BCUT2D eigenvalue weighted by molar-refractivity contribution is -0.106. The number of ether oxygens (including phenoxy) is 1. The molecule has 25 heavy (non-hydrogen) atoms. The smallest absolute Gasteiger partial charge is 0.234 e. The first-order valence-corrected chi connectivity index (χ1v) is 8.57. The van der Waals surface area contributed by atoms with Crippen molar-refractivity contribution < 1.29 is 13.9 Å². The zero-order valence-electron chi connectivity index (χ0n) is 13.6. The molecule has 1 aliphatic heterocycles. The predicted octanol–water partition coefficient (Wildman–Crippen LogP) is 3.57. The first-order chi connectivity index (χ1) is 12.2. The van der Waals surface area contributed by atoms with E-state index in [1.165, 1.54) is 6.07 Å². The fourth-order valence-electron chi connectivity index (χ4n) is 2.89. The minimum atomic E-state index is -0.450. The number of fused-ring (bicyclic) bond motifs is 1. The van der Waals surface area contributed by atoms with Gasteiger partial charge in [-0.2, -0.15) is 4.99 Å². The Morgan fingerprint density at radius 1 is 1.36 bits per heavy atom. The van der Waals surface area contributed by atoms with E-state index in [9.17, 15) is 9.18 Å². The maximum Gasteiger partial charge on any atom is 0.234 e. The summed E-state index contributed by atoms with van der Waals surface area (Å²) in [6, 6.07) is 10.4. The fourth-order valence-corrected chi connectivity index (χ4v) is 3.36. The largest absolute Gasteiger partial charge is 0.387 e. The average molecular weight is 406 g/mol. The Morgan fingerprint density at radius 2 is 2.16 bits per heavy atom. The molecule has 130 valence electrons. The molecule has 1 amide bonds. The van der Waals surface area contributed by atoms with Gasteiger partial charge < -0.3 is 15.0 Å². The molecule has 2 aromatic rings. The number of amides is 1. The van der Waals surface area contributed by atoms with Crippen LogP contribution >= 0.6 is 15.9 Å². The molecule has 1 aliphatic rings. The van der Waals surface area contributed by atoms with Crippen molar-refractivity contribution in [3.05, 3.63) is 57.8 Å². The van der Waals surface area contributed by atoms with Gasteiger partial charge in [-0.1, -0.05) is 28.1 Å². The minimum Gasteiger partial charge on any atom is -0.387 e. The van der Waals surface area contributed by atoms with Crippen LogP contribution in [0.4, 0.5) is 15.8 Å². The highest BCUT2D eigenvalue weighted by atomic mass is 79.9. The van der Waals surface area contributed by atoms with Crippen LogP contribution in [0.3, 0.4) is 0 Å². The van der Waals surface area contributed by atoms with Crippen LogP contribution in [0.5, 0.6) is 0 Å². The van der Waals surface area contributed by atoms with E-state index in [1.807, 2.05) is 23.1 Å². The van der Waals surface area contributed by atoms with E-state index in [0.29, 0.717) is 31.9 Å². The Kier molecular flexibility index (Phi) is 5.45. The van der Waals surface area contributed by atoms with Crippen LogP contribution in [-0.2, 0) is 16.1 Å². The molecule has 2 aromatic carbocycles. The second kappa shape index (κ2) is 7.76. The Balaban J connectivity index is 2.20. The number of aliphatic imine (C=N–C) groups is 1. The molecule has 1 N–H and O–H groups in total. The predicted molar refractivity (Wildman–Crippen MR) is 99.7 cm³/mol. The van der Waals surface area contributed by atoms with Gasteiger partial charge in [-0.05, 0) is 24.3 Å². The van der Waals surface area contributed by atoms with Gasteiger partial charge in [0.15, 0.2) is 0 Å². The highest BCUT2D eigenvalue weighted by Crippen LogP contribution is 2.33. The monoisotopic (exact) mass is 405 g/mol. The van der Waals surface area contributed by atoms with E-state index in [4.69, 9.17) is 4.74 Å². The molecule has 0 unspecified atom stereocenters. The Bertz CT molecular complexity index is 826. The third-order valence-electron chi connectivity index (χ3n) is 4.03. The van der Waals surface area contributed by atoms with Gasteiger partial charge in [0.25, 0.3) is 0 Å². The summed E-state index contributed by atoms with van der Waals surface area (Å²) in [6.07, 6.45) is 0.435. The molecule has 0 aliphatic carbocycles. The number of anilines is 2. The normalized spacial score (nSPS) is 14.7. The molecule has 0 radical (unpaired) electrons. The summed E-state index contributed by atoms with van der Waals surface area (Å²) in [7, 11) is 1.70. The van der Waals surface area contributed by atoms with Crippen LogP contribution in [0, 0.1) is 5.82 Å². The number of amidine groups is 1. The summed E-state index contributed by atoms with van der Waals surface area (Å²) in [4.78, 5) is 17.0. The number of halogens is 2. The van der Waals surface area contributed by atoms with Gasteiger partial charge in [0, 0.05) is 35.0 Å². The highest BCUT2D eigenvalue weighted by Gasteiger charge is 2.26. The molecule has 0 fully saturated rings. The summed E-state index contributed by atoms with van der Waals surface area (Å²) in [5.74, 6) is -0.198. The quantitative estimate of drug-likeness (QED) is 0.481. The summed E-state index contributed by atoms with van der Waals surface area (Å²) >= 11 is 3.53. The zero-order valence-corrected chi connectivity index (χ0v) is 15.2. The molecule has 7 heteroatoms. The maximum absolute atomic E-state index is 14.6. The number of nitrogens with zero attached hydrogens (tertiary/aromatic N) is 2. The van der Waals surface area contributed by atoms with Crippen molar-refractivity contribution in [3.8, 4) is 0 Å². The van der Waals surface area contributed by atoms with Crippen LogP contribution in [0.1, 0.15) is 11.1 Å². The standard InChI is InChI=1S/C18H17BrFN3O2/c1-21-15-6-3-5-14(20)17(15)18(22-11-24)23-8-9-25-10-12-13(19)4-2-7-16(12)23/h2-7,11,21H,8-10H2,1H3/b22-18+. The molecule has 0 aromatic heterocycles. The van der Waals surface area contributed by atoms with Crippen molar-refractivity contribution in [2.45, 2.75) is 6.61 Å². The molecule has 0 saturated carbocycles. The van der Waals surface area contributed by atoms with Crippen molar-refractivity contribution >= 4 is 39.6 Å². The Labute approximate surface area is 153 Å².